The number of piperazine rings is 1. The highest BCUT2D eigenvalue weighted by Gasteiger charge is 2.17. The maximum atomic E-state index is 5.67. The fourth-order valence-electron chi connectivity index (χ4n) is 2.71. The highest BCUT2D eigenvalue weighted by Crippen LogP contribution is 2.11. The molecule has 4 heteroatoms. The Morgan fingerprint density at radius 1 is 0.857 bits per heavy atom. The van der Waals surface area contributed by atoms with E-state index in [9.17, 15) is 0 Å². The molecular weight excluding hydrogens is 260 g/mol. The van der Waals surface area contributed by atoms with Gasteiger partial charge in [-0.2, -0.15) is 0 Å². The SMILES string of the molecule is Nc1ccc(CN2CCN(Cc3ccccc3)CC2)nc1. The van der Waals surface area contributed by atoms with Crippen LogP contribution in [0.1, 0.15) is 11.3 Å². The van der Waals surface area contributed by atoms with Gasteiger partial charge in [-0.15, -0.1) is 0 Å². The summed E-state index contributed by atoms with van der Waals surface area (Å²) >= 11 is 0. The monoisotopic (exact) mass is 282 g/mol. The van der Waals surface area contributed by atoms with Gasteiger partial charge in [0, 0.05) is 39.3 Å². The third-order valence-electron chi connectivity index (χ3n) is 3.95. The zero-order chi connectivity index (χ0) is 14.5. The number of nitrogens with zero attached hydrogens (tertiary/aromatic N) is 3. The van der Waals surface area contributed by atoms with Gasteiger partial charge in [0.05, 0.1) is 17.6 Å². The normalized spacial score (nSPS) is 17.0. The van der Waals surface area contributed by atoms with Gasteiger partial charge < -0.3 is 5.73 Å². The predicted molar refractivity (Wildman–Crippen MR) is 85.6 cm³/mol. The standard InChI is InChI=1S/C17H22N4/c18-16-6-7-17(19-12-16)14-21-10-8-20(9-11-21)13-15-4-2-1-3-5-15/h1-7,12H,8-11,13-14,18H2. The molecule has 0 unspecified atom stereocenters. The Bertz CT molecular complexity index is 545. The minimum Gasteiger partial charge on any atom is -0.397 e. The first-order valence-electron chi connectivity index (χ1n) is 7.48. The van der Waals surface area contributed by atoms with Crippen molar-refractivity contribution in [2.24, 2.45) is 0 Å². The molecule has 4 nitrogen and oxygen atoms in total. The second kappa shape index (κ2) is 6.70. The number of nitrogens with two attached hydrogens (primary N) is 1. The molecule has 0 saturated carbocycles. The summed E-state index contributed by atoms with van der Waals surface area (Å²) in [6, 6.07) is 14.6. The summed E-state index contributed by atoms with van der Waals surface area (Å²) < 4.78 is 0. The van der Waals surface area contributed by atoms with Gasteiger partial charge in [-0.05, 0) is 17.7 Å². The summed E-state index contributed by atoms with van der Waals surface area (Å²) in [5, 5.41) is 0. The lowest BCUT2D eigenvalue weighted by Crippen LogP contribution is -2.45. The van der Waals surface area contributed by atoms with Gasteiger partial charge in [-0.25, -0.2) is 0 Å². The number of nitrogen functional groups attached to an aromatic ring is 1. The first kappa shape index (κ1) is 14.0. The first-order chi connectivity index (χ1) is 10.3. The fourth-order valence-corrected chi connectivity index (χ4v) is 2.71. The zero-order valence-corrected chi connectivity index (χ0v) is 12.3. The first-order valence-corrected chi connectivity index (χ1v) is 7.48. The molecule has 1 aromatic heterocycles. The van der Waals surface area contributed by atoms with E-state index in [1.165, 1.54) is 5.56 Å². The molecule has 2 aromatic rings. The third kappa shape index (κ3) is 4.03. The fraction of sp³-hybridized carbons (Fsp3) is 0.353. The number of rotatable bonds is 4. The Balaban J connectivity index is 1.47. The number of hydrogen-bond acceptors (Lipinski definition) is 4. The molecule has 0 spiro atoms. The molecule has 1 saturated heterocycles. The van der Waals surface area contributed by atoms with Crippen molar-refractivity contribution in [3.05, 3.63) is 59.9 Å². The lowest BCUT2D eigenvalue weighted by Gasteiger charge is -2.34. The van der Waals surface area contributed by atoms with Gasteiger partial charge in [0.25, 0.3) is 0 Å². The third-order valence-corrected chi connectivity index (χ3v) is 3.95. The maximum Gasteiger partial charge on any atom is 0.0545 e. The average molecular weight is 282 g/mol. The van der Waals surface area contributed by atoms with E-state index in [2.05, 4.69) is 45.1 Å². The van der Waals surface area contributed by atoms with Crippen LogP contribution in [0.3, 0.4) is 0 Å². The van der Waals surface area contributed by atoms with Crippen LogP contribution >= 0.6 is 0 Å². The molecule has 2 N–H and O–H groups in total. The molecule has 3 rings (SSSR count). The molecule has 2 heterocycles. The summed E-state index contributed by atoms with van der Waals surface area (Å²) in [5.41, 5.74) is 8.89. The summed E-state index contributed by atoms with van der Waals surface area (Å²) in [6.07, 6.45) is 1.74. The van der Waals surface area contributed by atoms with Crippen molar-refractivity contribution in [1.29, 1.82) is 0 Å². The van der Waals surface area contributed by atoms with Gasteiger partial charge >= 0.3 is 0 Å². The van der Waals surface area contributed by atoms with Crippen molar-refractivity contribution in [3.8, 4) is 0 Å². The van der Waals surface area contributed by atoms with E-state index >= 15 is 0 Å². The van der Waals surface area contributed by atoms with Crippen molar-refractivity contribution >= 4 is 5.69 Å². The highest BCUT2D eigenvalue weighted by molar-refractivity contribution is 5.34. The Morgan fingerprint density at radius 3 is 2.14 bits per heavy atom. The Labute approximate surface area is 126 Å². The summed E-state index contributed by atoms with van der Waals surface area (Å²) in [5.74, 6) is 0. The summed E-state index contributed by atoms with van der Waals surface area (Å²) in [4.78, 5) is 9.35. The number of hydrogen-bond donors (Lipinski definition) is 1. The Kier molecular flexibility index (Phi) is 4.48. The number of anilines is 1. The van der Waals surface area contributed by atoms with Crippen LogP contribution in [-0.2, 0) is 13.1 Å². The molecule has 1 aliphatic rings. The second-order valence-corrected chi connectivity index (χ2v) is 5.62. The average Bonchev–Trinajstić information content (AvgIpc) is 2.53. The number of aromatic nitrogens is 1. The summed E-state index contributed by atoms with van der Waals surface area (Å²) in [6.45, 7) is 6.39. The van der Waals surface area contributed by atoms with Crippen LogP contribution in [0.2, 0.25) is 0 Å². The molecule has 0 atom stereocenters. The molecule has 0 bridgehead atoms. The van der Waals surface area contributed by atoms with E-state index in [0.717, 1.165) is 50.6 Å². The lowest BCUT2D eigenvalue weighted by atomic mass is 10.2. The lowest BCUT2D eigenvalue weighted by molar-refractivity contribution is 0.121. The quantitative estimate of drug-likeness (QED) is 0.931. The van der Waals surface area contributed by atoms with Crippen LogP contribution in [0.15, 0.2) is 48.7 Å². The molecule has 21 heavy (non-hydrogen) atoms. The van der Waals surface area contributed by atoms with Crippen LogP contribution in [0, 0.1) is 0 Å². The number of benzene rings is 1. The van der Waals surface area contributed by atoms with Crippen molar-refractivity contribution in [2.75, 3.05) is 31.9 Å². The van der Waals surface area contributed by atoms with E-state index in [4.69, 9.17) is 5.73 Å². The molecule has 110 valence electrons. The second-order valence-electron chi connectivity index (χ2n) is 5.62. The van der Waals surface area contributed by atoms with E-state index in [-0.39, 0.29) is 0 Å². The Hall–Kier alpha value is -1.91. The zero-order valence-electron chi connectivity index (χ0n) is 12.3. The number of pyridine rings is 1. The molecule has 0 aliphatic carbocycles. The van der Waals surface area contributed by atoms with E-state index < -0.39 is 0 Å². The van der Waals surface area contributed by atoms with E-state index in [0.29, 0.717) is 0 Å². The van der Waals surface area contributed by atoms with Crippen molar-refractivity contribution in [2.45, 2.75) is 13.1 Å². The van der Waals surface area contributed by atoms with Crippen LogP contribution in [-0.4, -0.2) is 41.0 Å². The molecule has 1 aromatic carbocycles. The molecule has 0 amide bonds. The molecule has 1 aliphatic heterocycles. The predicted octanol–water partition coefficient (Wildman–Crippen LogP) is 1.98. The van der Waals surface area contributed by atoms with Gasteiger partial charge in [-0.3, -0.25) is 14.8 Å². The maximum absolute atomic E-state index is 5.67. The van der Waals surface area contributed by atoms with Gasteiger partial charge in [0.15, 0.2) is 0 Å². The van der Waals surface area contributed by atoms with Crippen LogP contribution in [0.25, 0.3) is 0 Å². The minimum atomic E-state index is 0.728. The van der Waals surface area contributed by atoms with Crippen LogP contribution in [0.5, 0.6) is 0 Å². The summed E-state index contributed by atoms with van der Waals surface area (Å²) in [7, 11) is 0. The molecular formula is C17H22N4. The van der Waals surface area contributed by atoms with E-state index in [1.807, 2.05) is 12.1 Å². The van der Waals surface area contributed by atoms with Gasteiger partial charge in [-0.1, -0.05) is 30.3 Å². The smallest absolute Gasteiger partial charge is 0.0545 e. The van der Waals surface area contributed by atoms with Crippen molar-refractivity contribution in [1.82, 2.24) is 14.8 Å². The van der Waals surface area contributed by atoms with Crippen molar-refractivity contribution < 1.29 is 0 Å². The largest absolute Gasteiger partial charge is 0.397 e. The van der Waals surface area contributed by atoms with Crippen molar-refractivity contribution in [3.63, 3.8) is 0 Å². The van der Waals surface area contributed by atoms with Gasteiger partial charge in [0.2, 0.25) is 0 Å². The molecule has 0 radical (unpaired) electrons. The molecule has 1 fully saturated rings. The topological polar surface area (TPSA) is 45.4 Å². The van der Waals surface area contributed by atoms with E-state index in [1.54, 1.807) is 6.20 Å². The minimum absolute atomic E-state index is 0.728. The van der Waals surface area contributed by atoms with Crippen LogP contribution < -0.4 is 5.73 Å². The Morgan fingerprint density at radius 2 is 1.52 bits per heavy atom. The highest BCUT2D eigenvalue weighted by atomic mass is 15.3. The van der Waals surface area contributed by atoms with Crippen LogP contribution in [0.4, 0.5) is 5.69 Å². The van der Waals surface area contributed by atoms with Gasteiger partial charge in [0.1, 0.15) is 0 Å².